The maximum atomic E-state index is 5.51. The molecule has 3 rings (SSSR count). The summed E-state index contributed by atoms with van der Waals surface area (Å²) in [7, 11) is 0. The molecule has 1 aromatic heterocycles. The van der Waals surface area contributed by atoms with Crippen LogP contribution in [0.2, 0.25) is 0 Å². The lowest BCUT2D eigenvalue weighted by molar-refractivity contribution is 0.610. The fraction of sp³-hybridized carbons (Fsp3) is 0.385. The molecule has 0 radical (unpaired) electrons. The molecule has 1 aromatic carbocycles. The SMILES string of the molecule is Cc1coc2cc3c(cc12)CCCC3. The molecule has 0 aliphatic heterocycles. The first kappa shape index (κ1) is 8.10. The van der Waals surface area contributed by atoms with Crippen LogP contribution >= 0.6 is 0 Å². The summed E-state index contributed by atoms with van der Waals surface area (Å²) in [6.45, 7) is 2.11. The van der Waals surface area contributed by atoms with Crippen molar-refractivity contribution in [3.05, 3.63) is 35.1 Å². The normalized spacial score (nSPS) is 15.8. The summed E-state index contributed by atoms with van der Waals surface area (Å²) in [4.78, 5) is 0. The topological polar surface area (TPSA) is 13.1 Å². The van der Waals surface area contributed by atoms with Crippen LogP contribution in [0.5, 0.6) is 0 Å². The molecule has 1 heteroatoms. The lowest BCUT2D eigenvalue weighted by atomic mass is 9.90. The Balaban J connectivity index is 2.29. The van der Waals surface area contributed by atoms with Gasteiger partial charge in [0.2, 0.25) is 0 Å². The Kier molecular flexibility index (Phi) is 1.66. The van der Waals surface area contributed by atoms with E-state index in [9.17, 15) is 0 Å². The fourth-order valence-electron chi connectivity index (χ4n) is 2.38. The number of hydrogen-bond acceptors (Lipinski definition) is 1. The van der Waals surface area contributed by atoms with Gasteiger partial charge >= 0.3 is 0 Å². The second-order valence-electron chi connectivity index (χ2n) is 4.24. The minimum atomic E-state index is 1.06. The van der Waals surface area contributed by atoms with Crippen LogP contribution in [0, 0.1) is 6.92 Å². The highest BCUT2D eigenvalue weighted by Crippen LogP contribution is 2.29. The van der Waals surface area contributed by atoms with E-state index in [0.717, 1.165) is 5.58 Å². The zero-order chi connectivity index (χ0) is 9.54. The summed E-state index contributed by atoms with van der Waals surface area (Å²) < 4.78 is 5.51. The van der Waals surface area contributed by atoms with Crippen molar-refractivity contribution in [1.29, 1.82) is 0 Å². The van der Waals surface area contributed by atoms with E-state index < -0.39 is 0 Å². The molecule has 0 fully saturated rings. The molecule has 0 amide bonds. The van der Waals surface area contributed by atoms with Gasteiger partial charge in [0.1, 0.15) is 5.58 Å². The number of benzene rings is 1. The first-order valence-electron chi connectivity index (χ1n) is 5.34. The zero-order valence-electron chi connectivity index (χ0n) is 8.47. The van der Waals surface area contributed by atoms with Gasteiger partial charge in [-0.15, -0.1) is 0 Å². The summed E-state index contributed by atoms with van der Waals surface area (Å²) in [5.41, 5.74) is 5.35. The van der Waals surface area contributed by atoms with Crippen LogP contribution in [0.1, 0.15) is 29.5 Å². The summed E-state index contributed by atoms with van der Waals surface area (Å²) in [5, 5.41) is 1.30. The summed E-state index contributed by atoms with van der Waals surface area (Å²) >= 11 is 0. The van der Waals surface area contributed by atoms with Crippen LogP contribution in [-0.2, 0) is 12.8 Å². The monoisotopic (exact) mass is 186 g/mol. The third-order valence-corrected chi connectivity index (χ3v) is 3.23. The van der Waals surface area contributed by atoms with Gasteiger partial charge in [0.15, 0.2) is 0 Å². The minimum Gasteiger partial charge on any atom is -0.464 e. The van der Waals surface area contributed by atoms with Gasteiger partial charge in [-0.1, -0.05) is 0 Å². The summed E-state index contributed by atoms with van der Waals surface area (Å²) in [6.07, 6.45) is 7.00. The van der Waals surface area contributed by atoms with Crippen molar-refractivity contribution in [2.24, 2.45) is 0 Å². The summed E-state index contributed by atoms with van der Waals surface area (Å²) in [5.74, 6) is 0. The number of hydrogen-bond donors (Lipinski definition) is 0. The molecule has 0 bridgehead atoms. The highest BCUT2D eigenvalue weighted by atomic mass is 16.3. The van der Waals surface area contributed by atoms with Crippen LogP contribution < -0.4 is 0 Å². The van der Waals surface area contributed by atoms with Crippen molar-refractivity contribution in [2.75, 3.05) is 0 Å². The standard InChI is InChI=1S/C13H14O/c1-9-8-14-13-7-11-5-3-2-4-10(11)6-12(9)13/h6-8H,2-5H2,1H3. The van der Waals surface area contributed by atoms with Crippen molar-refractivity contribution in [1.82, 2.24) is 0 Å². The Morgan fingerprint density at radius 1 is 1.07 bits per heavy atom. The van der Waals surface area contributed by atoms with Crippen molar-refractivity contribution in [3.8, 4) is 0 Å². The van der Waals surface area contributed by atoms with E-state index in [0.29, 0.717) is 0 Å². The summed E-state index contributed by atoms with van der Waals surface area (Å²) in [6, 6.07) is 4.56. The molecule has 0 saturated carbocycles. The molecular weight excluding hydrogens is 172 g/mol. The smallest absolute Gasteiger partial charge is 0.134 e. The maximum Gasteiger partial charge on any atom is 0.134 e. The third-order valence-electron chi connectivity index (χ3n) is 3.23. The highest BCUT2D eigenvalue weighted by molar-refractivity contribution is 5.82. The van der Waals surface area contributed by atoms with Gasteiger partial charge < -0.3 is 4.42 Å². The maximum absolute atomic E-state index is 5.51. The fourth-order valence-corrected chi connectivity index (χ4v) is 2.38. The molecule has 1 aliphatic carbocycles. The highest BCUT2D eigenvalue weighted by Gasteiger charge is 2.12. The predicted octanol–water partition coefficient (Wildman–Crippen LogP) is 3.62. The average Bonchev–Trinajstić information content (AvgIpc) is 2.57. The van der Waals surface area contributed by atoms with E-state index in [1.165, 1.54) is 47.8 Å². The van der Waals surface area contributed by atoms with E-state index >= 15 is 0 Å². The molecule has 1 aliphatic rings. The van der Waals surface area contributed by atoms with Crippen LogP contribution in [0.25, 0.3) is 11.0 Å². The Labute approximate surface area is 83.7 Å². The molecule has 0 atom stereocenters. The molecule has 1 heterocycles. The van der Waals surface area contributed by atoms with Crippen molar-refractivity contribution in [3.63, 3.8) is 0 Å². The number of furan rings is 1. The van der Waals surface area contributed by atoms with Gasteiger partial charge in [0.25, 0.3) is 0 Å². The van der Waals surface area contributed by atoms with E-state index in [1.54, 1.807) is 0 Å². The molecule has 0 unspecified atom stereocenters. The number of rotatable bonds is 0. The average molecular weight is 186 g/mol. The van der Waals surface area contributed by atoms with Gasteiger partial charge in [-0.05, 0) is 61.4 Å². The van der Waals surface area contributed by atoms with Crippen molar-refractivity contribution in [2.45, 2.75) is 32.6 Å². The Bertz CT molecular complexity index is 479. The van der Waals surface area contributed by atoms with Crippen molar-refractivity contribution < 1.29 is 4.42 Å². The van der Waals surface area contributed by atoms with E-state index in [1.807, 2.05) is 6.26 Å². The minimum absolute atomic E-state index is 1.06. The Morgan fingerprint density at radius 2 is 1.79 bits per heavy atom. The number of fused-ring (bicyclic) bond motifs is 2. The van der Waals surface area contributed by atoms with E-state index in [-0.39, 0.29) is 0 Å². The van der Waals surface area contributed by atoms with Crippen LogP contribution in [0.4, 0.5) is 0 Å². The molecule has 0 spiro atoms. The third kappa shape index (κ3) is 1.08. The van der Waals surface area contributed by atoms with Crippen LogP contribution in [0.3, 0.4) is 0 Å². The number of aryl methyl sites for hydroxylation is 3. The molecule has 72 valence electrons. The predicted molar refractivity (Wildman–Crippen MR) is 57.6 cm³/mol. The first-order valence-corrected chi connectivity index (χ1v) is 5.34. The quantitative estimate of drug-likeness (QED) is 0.612. The van der Waals surface area contributed by atoms with Crippen LogP contribution in [0.15, 0.2) is 22.8 Å². The van der Waals surface area contributed by atoms with Gasteiger partial charge in [-0.25, -0.2) is 0 Å². The Morgan fingerprint density at radius 3 is 2.57 bits per heavy atom. The van der Waals surface area contributed by atoms with E-state index in [4.69, 9.17) is 4.42 Å². The van der Waals surface area contributed by atoms with Crippen molar-refractivity contribution >= 4 is 11.0 Å². The van der Waals surface area contributed by atoms with Gasteiger partial charge in [-0.3, -0.25) is 0 Å². The molecule has 0 saturated heterocycles. The van der Waals surface area contributed by atoms with Gasteiger partial charge in [-0.2, -0.15) is 0 Å². The largest absolute Gasteiger partial charge is 0.464 e. The second-order valence-corrected chi connectivity index (χ2v) is 4.24. The molecule has 14 heavy (non-hydrogen) atoms. The second kappa shape index (κ2) is 2.88. The molecule has 1 nitrogen and oxygen atoms in total. The zero-order valence-corrected chi connectivity index (χ0v) is 8.47. The Hall–Kier alpha value is -1.24. The first-order chi connectivity index (χ1) is 6.84. The van der Waals surface area contributed by atoms with Gasteiger partial charge in [0, 0.05) is 5.39 Å². The molecule has 2 aromatic rings. The lowest BCUT2D eigenvalue weighted by Crippen LogP contribution is -2.01. The van der Waals surface area contributed by atoms with E-state index in [2.05, 4.69) is 19.1 Å². The lowest BCUT2D eigenvalue weighted by Gasteiger charge is -2.14. The van der Waals surface area contributed by atoms with Crippen LogP contribution in [-0.4, -0.2) is 0 Å². The molecular formula is C13H14O. The molecule has 0 N–H and O–H groups in total. The van der Waals surface area contributed by atoms with Gasteiger partial charge in [0.05, 0.1) is 6.26 Å².